The number of pyridine rings is 1. The van der Waals surface area contributed by atoms with Crippen LogP contribution in [0.25, 0.3) is 0 Å². The van der Waals surface area contributed by atoms with Crippen molar-refractivity contribution in [3.8, 4) is 0 Å². The Balaban J connectivity index is 1.75. The van der Waals surface area contributed by atoms with Gasteiger partial charge in [-0.15, -0.1) is 0 Å². The number of amides is 1. The highest BCUT2D eigenvalue weighted by molar-refractivity contribution is 5.98. The second-order valence-corrected chi connectivity index (χ2v) is 7.49. The van der Waals surface area contributed by atoms with Crippen LogP contribution in [0.5, 0.6) is 0 Å². The van der Waals surface area contributed by atoms with Gasteiger partial charge < -0.3 is 21.3 Å². The molecule has 1 aliphatic heterocycles. The van der Waals surface area contributed by atoms with E-state index in [9.17, 15) is 4.79 Å². The van der Waals surface area contributed by atoms with Crippen LogP contribution in [-0.4, -0.2) is 49.0 Å². The number of nitrogens with two attached hydrogens (primary N) is 1. The molecule has 0 aliphatic carbocycles. The number of hydrogen-bond donors (Lipinski definition) is 3. The van der Waals surface area contributed by atoms with Crippen LogP contribution in [0.1, 0.15) is 40.0 Å². The lowest BCUT2D eigenvalue weighted by Crippen LogP contribution is -2.35. The van der Waals surface area contributed by atoms with E-state index < -0.39 is 5.91 Å². The van der Waals surface area contributed by atoms with E-state index in [1.807, 2.05) is 6.07 Å². The largest absolute Gasteiger partial charge is 0.381 e. The second-order valence-electron chi connectivity index (χ2n) is 7.49. The highest BCUT2D eigenvalue weighted by atomic mass is 16.1. The third kappa shape index (κ3) is 5.52. The van der Waals surface area contributed by atoms with Crippen molar-refractivity contribution in [1.29, 1.82) is 0 Å². The van der Waals surface area contributed by atoms with E-state index in [0.717, 1.165) is 50.3 Å². The number of hydrogen-bond acceptors (Lipinski definition) is 5. The molecule has 1 amide bonds. The van der Waals surface area contributed by atoms with Crippen LogP contribution >= 0.6 is 0 Å². The molecule has 0 saturated carbocycles. The van der Waals surface area contributed by atoms with Gasteiger partial charge in [0.25, 0.3) is 5.91 Å². The fourth-order valence-corrected chi connectivity index (χ4v) is 3.43. The summed E-state index contributed by atoms with van der Waals surface area (Å²) in [6, 6.07) is 10.9. The van der Waals surface area contributed by atoms with E-state index in [1.54, 1.807) is 6.20 Å². The van der Waals surface area contributed by atoms with Crippen LogP contribution in [0.4, 0.5) is 5.69 Å². The van der Waals surface area contributed by atoms with E-state index >= 15 is 0 Å². The highest BCUT2D eigenvalue weighted by Crippen LogP contribution is 2.21. The van der Waals surface area contributed by atoms with E-state index in [4.69, 9.17) is 5.73 Å². The maximum absolute atomic E-state index is 11.8. The van der Waals surface area contributed by atoms with Gasteiger partial charge in [-0.1, -0.05) is 24.3 Å². The first kappa shape index (κ1) is 19.3. The van der Waals surface area contributed by atoms with Crippen LogP contribution in [0.15, 0.2) is 36.5 Å². The van der Waals surface area contributed by atoms with Crippen LogP contribution in [-0.2, 0) is 13.0 Å². The van der Waals surface area contributed by atoms with Crippen molar-refractivity contribution in [1.82, 2.24) is 15.2 Å². The number of primary amides is 1. The summed E-state index contributed by atoms with van der Waals surface area (Å²) in [5, 5.41) is 6.85. The summed E-state index contributed by atoms with van der Waals surface area (Å²) in [6.45, 7) is 2.90. The lowest BCUT2D eigenvalue weighted by molar-refractivity contribution is 0.100. The number of benzene rings is 1. The molecule has 2 aromatic rings. The molecule has 1 fully saturated rings. The molecule has 0 spiro atoms. The third-order valence-corrected chi connectivity index (χ3v) is 4.83. The Bertz CT molecular complexity index is 767. The Kier molecular flexibility index (Phi) is 6.42. The van der Waals surface area contributed by atoms with Gasteiger partial charge in [0, 0.05) is 30.9 Å². The molecule has 2 heterocycles. The fraction of sp³-hybridized carbons (Fsp3) is 0.429. The van der Waals surface area contributed by atoms with E-state index in [2.05, 4.69) is 58.9 Å². The molecule has 0 bridgehead atoms. The summed E-state index contributed by atoms with van der Waals surface area (Å²) in [4.78, 5) is 18.4. The quantitative estimate of drug-likeness (QED) is 0.697. The van der Waals surface area contributed by atoms with Crippen molar-refractivity contribution in [3.63, 3.8) is 0 Å². The van der Waals surface area contributed by atoms with Gasteiger partial charge in [0.05, 0.1) is 11.3 Å². The Morgan fingerprint density at radius 2 is 1.89 bits per heavy atom. The molecular formula is C21H29N5O. The first-order valence-electron chi connectivity index (χ1n) is 9.50. The fourth-order valence-electron chi connectivity index (χ4n) is 3.43. The molecule has 0 radical (unpaired) electrons. The zero-order valence-electron chi connectivity index (χ0n) is 16.2. The molecule has 1 aromatic carbocycles. The lowest BCUT2D eigenvalue weighted by atomic mass is 10.0. The molecule has 0 atom stereocenters. The van der Waals surface area contributed by atoms with Gasteiger partial charge in [0.2, 0.25) is 0 Å². The zero-order chi connectivity index (χ0) is 19.2. The van der Waals surface area contributed by atoms with Crippen molar-refractivity contribution in [3.05, 3.63) is 58.9 Å². The Labute approximate surface area is 161 Å². The molecule has 144 valence electrons. The normalized spacial score (nSPS) is 15.1. The Morgan fingerprint density at radius 3 is 2.52 bits per heavy atom. The van der Waals surface area contributed by atoms with Crippen molar-refractivity contribution in [2.75, 3.05) is 32.5 Å². The number of carbonyl (C=O) groups is 1. The van der Waals surface area contributed by atoms with E-state index in [0.29, 0.717) is 11.6 Å². The van der Waals surface area contributed by atoms with Crippen LogP contribution in [0, 0.1) is 0 Å². The van der Waals surface area contributed by atoms with Crippen molar-refractivity contribution < 1.29 is 4.79 Å². The predicted octanol–water partition coefficient (Wildman–Crippen LogP) is 2.00. The Hall–Kier alpha value is -2.44. The molecule has 1 aromatic heterocycles. The molecule has 1 saturated heterocycles. The topological polar surface area (TPSA) is 83.3 Å². The van der Waals surface area contributed by atoms with Gasteiger partial charge in [0.15, 0.2) is 0 Å². The monoisotopic (exact) mass is 367 g/mol. The van der Waals surface area contributed by atoms with Gasteiger partial charge >= 0.3 is 0 Å². The maximum atomic E-state index is 11.8. The van der Waals surface area contributed by atoms with Gasteiger partial charge in [-0.25, -0.2) is 0 Å². The van der Waals surface area contributed by atoms with Crippen molar-refractivity contribution in [2.45, 2.75) is 31.8 Å². The van der Waals surface area contributed by atoms with E-state index in [-0.39, 0.29) is 0 Å². The van der Waals surface area contributed by atoms with Crippen LogP contribution < -0.4 is 16.4 Å². The number of aromatic nitrogens is 1. The minimum absolute atomic E-state index is 0.352. The molecule has 27 heavy (non-hydrogen) atoms. The van der Waals surface area contributed by atoms with Crippen LogP contribution in [0.2, 0.25) is 0 Å². The summed E-state index contributed by atoms with van der Waals surface area (Å²) in [5.74, 6) is -0.446. The summed E-state index contributed by atoms with van der Waals surface area (Å²) in [5.41, 5.74) is 10.2. The number of nitrogens with one attached hydrogen (secondary N) is 2. The predicted molar refractivity (Wildman–Crippen MR) is 109 cm³/mol. The van der Waals surface area contributed by atoms with Gasteiger partial charge in [-0.3, -0.25) is 9.78 Å². The minimum atomic E-state index is -0.446. The maximum Gasteiger partial charge on any atom is 0.252 e. The first-order valence-corrected chi connectivity index (χ1v) is 9.50. The smallest absolute Gasteiger partial charge is 0.252 e. The lowest BCUT2D eigenvalue weighted by Gasteiger charge is -2.25. The summed E-state index contributed by atoms with van der Waals surface area (Å²) in [7, 11) is 4.13. The molecule has 0 unspecified atom stereocenters. The summed E-state index contributed by atoms with van der Waals surface area (Å²) < 4.78 is 0. The molecular weight excluding hydrogens is 338 g/mol. The Morgan fingerprint density at radius 1 is 1.22 bits per heavy atom. The first-order chi connectivity index (χ1) is 13.0. The molecule has 6 nitrogen and oxygen atoms in total. The van der Waals surface area contributed by atoms with Crippen molar-refractivity contribution >= 4 is 11.6 Å². The third-order valence-electron chi connectivity index (χ3n) is 4.83. The standard InChI is InChI=1S/C21H29N5O/c1-26(2)14-16-5-3-15(4-6-16)11-18-12-20(19(13-24-18)21(22)27)25-17-7-9-23-10-8-17/h3-6,12-13,17,23H,7-11,14H2,1-2H3,(H2,22,27)(H,24,25). The van der Waals surface area contributed by atoms with E-state index in [1.165, 1.54) is 11.1 Å². The average molecular weight is 367 g/mol. The SMILES string of the molecule is CN(C)Cc1ccc(Cc2cc(NC3CCNCC3)c(C(N)=O)cn2)cc1. The highest BCUT2D eigenvalue weighted by Gasteiger charge is 2.17. The average Bonchev–Trinajstić information content (AvgIpc) is 2.64. The number of anilines is 1. The molecule has 4 N–H and O–H groups in total. The summed E-state index contributed by atoms with van der Waals surface area (Å²) in [6.07, 6.45) is 4.38. The van der Waals surface area contributed by atoms with Crippen molar-refractivity contribution in [2.24, 2.45) is 5.73 Å². The second kappa shape index (κ2) is 8.97. The molecule has 3 rings (SSSR count). The molecule has 1 aliphatic rings. The summed E-state index contributed by atoms with van der Waals surface area (Å²) >= 11 is 0. The van der Waals surface area contributed by atoms with Gasteiger partial charge in [-0.2, -0.15) is 0 Å². The number of nitrogens with zero attached hydrogens (tertiary/aromatic N) is 2. The van der Waals surface area contributed by atoms with Gasteiger partial charge in [-0.05, 0) is 57.2 Å². The van der Waals surface area contributed by atoms with Gasteiger partial charge in [0.1, 0.15) is 0 Å². The number of rotatable bonds is 7. The molecule has 6 heteroatoms. The minimum Gasteiger partial charge on any atom is -0.381 e. The van der Waals surface area contributed by atoms with Crippen LogP contribution in [0.3, 0.4) is 0 Å². The number of piperidine rings is 1. The number of carbonyl (C=O) groups excluding carboxylic acids is 1. The zero-order valence-corrected chi connectivity index (χ0v) is 16.2.